The van der Waals surface area contributed by atoms with E-state index in [1.54, 1.807) is 17.4 Å². The molecule has 0 fully saturated rings. The molecule has 0 saturated carbocycles. The van der Waals surface area contributed by atoms with E-state index in [1.165, 1.54) is 5.56 Å². The molecular formula is C19H17ClN2OS. The minimum Gasteiger partial charge on any atom is -0.326 e. The molecule has 3 rings (SSSR count). The second-order valence-electron chi connectivity index (χ2n) is 5.70. The highest BCUT2D eigenvalue weighted by Crippen LogP contribution is 2.25. The molecule has 1 aromatic heterocycles. The van der Waals surface area contributed by atoms with Crippen molar-refractivity contribution in [2.75, 3.05) is 5.32 Å². The number of nitrogens with zero attached hydrogens (tertiary/aromatic N) is 1. The molecular weight excluding hydrogens is 340 g/mol. The van der Waals surface area contributed by atoms with Gasteiger partial charge in [-0.2, -0.15) is 0 Å². The Hall–Kier alpha value is -2.17. The Kier molecular flexibility index (Phi) is 4.97. The Labute approximate surface area is 150 Å². The zero-order valence-electron chi connectivity index (χ0n) is 13.5. The standard InChI is InChI=1S/C19H17ClN2OS/c1-12-4-3-5-14(8-12)19-21-16(11-24-19)10-18(23)22-17-7-6-15(20)9-13(17)2/h3-9,11H,10H2,1-2H3,(H,22,23). The van der Waals surface area contributed by atoms with Crippen LogP contribution in [0.3, 0.4) is 0 Å². The molecule has 122 valence electrons. The first kappa shape index (κ1) is 16.7. The maximum atomic E-state index is 12.2. The van der Waals surface area contributed by atoms with E-state index in [0.717, 1.165) is 27.5 Å². The summed E-state index contributed by atoms with van der Waals surface area (Å²) in [5.41, 5.74) is 4.77. The fourth-order valence-corrected chi connectivity index (χ4v) is 3.47. The summed E-state index contributed by atoms with van der Waals surface area (Å²) in [4.78, 5) is 16.8. The molecule has 0 atom stereocenters. The fourth-order valence-electron chi connectivity index (χ4n) is 2.43. The molecule has 0 saturated heterocycles. The maximum absolute atomic E-state index is 12.2. The number of carbonyl (C=O) groups is 1. The monoisotopic (exact) mass is 356 g/mol. The van der Waals surface area contributed by atoms with Gasteiger partial charge < -0.3 is 5.32 Å². The lowest BCUT2D eigenvalue weighted by Gasteiger charge is -2.07. The van der Waals surface area contributed by atoms with E-state index < -0.39 is 0 Å². The molecule has 0 radical (unpaired) electrons. The Morgan fingerprint density at radius 3 is 2.79 bits per heavy atom. The number of nitrogens with one attached hydrogen (secondary N) is 1. The first-order valence-corrected chi connectivity index (χ1v) is 8.84. The summed E-state index contributed by atoms with van der Waals surface area (Å²) in [5.74, 6) is -0.0819. The molecule has 0 aliphatic rings. The van der Waals surface area contributed by atoms with Crippen molar-refractivity contribution in [1.29, 1.82) is 0 Å². The van der Waals surface area contributed by atoms with Crippen molar-refractivity contribution in [1.82, 2.24) is 4.98 Å². The van der Waals surface area contributed by atoms with Gasteiger partial charge >= 0.3 is 0 Å². The van der Waals surface area contributed by atoms with Gasteiger partial charge in [0, 0.05) is 21.7 Å². The molecule has 0 aliphatic heterocycles. The lowest BCUT2D eigenvalue weighted by Crippen LogP contribution is -2.15. The average molecular weight is 357 g/mol. The third kappa shape index (κ3) is 4.02. The largest absolute Gasteiger partial charge is 0.326 e. The van der Waals surface area contributed by atoms with Crippen LogP contribution in [0.2, 0.25) is 5.02 Å². The molecule has 5 heteroatoms. The minimum atomic E-state index is -0.0819. The highest BCUT2D eigenvalue weighted by Gasteiger charge is 2.10. The number of hydrogen-bond acceptors (Lipinski definition) is 3. The van der Waals surface area contributed by atoms with Gasteiger partial charge in [0.1, 0.15) is 5.01 Å². The van der Waals surface area contributed by atoms with E-state index in [-0.39, 0.29) is 12.3 Å². The lowest BCUT2D eigenvalue weighted by molar-refractivity contribution is -0.115. The van der Waals surface area contributed by atoms with Crippen molar-refractivity contribution < 1.29 is 4.79 Å². The number of hydrogen-bond donors (Lipinski definition) is 1. The summed E-state index contributed by atoms with van der Waals surface area (Å²) in [6.07, 6.45) is 0.254. The predicted octanol–water partition coefficient (Wildman–Crippen LogP) is 5.26. The van der Waals surface area contributed by atoms with E-state index in [2.05, 4.69) is 29.4 Å². The number of benzene rings is 2. The Balaban J connectivity index is 1.69. The second kappa shape index (κ2) is 7.16. The number of halogens is 1. The first-order chi connectivity index (χ1) is 11.5. The minimum absolute atomic E-state index is 0.0819. The molecule has 0 bridgehead atoms. The van der Waals surface area contributed by atoms with Crippen LogP contribution in [0.1, 0.15) is 16.8 Å². The molecule has 0 unspecified atom stereocenters. The summed E-state index contributed by atoms with van der Waals surface area (Å²) in [7, 11) is 0. The van der Waals surface area contributed by atoms with E-state index in [4.69, 9.17) is 11.6 Å². The summed E-state index contributed by atoms with van der Waals surface area (Å²) < 4.78 is 0. The number of anilines is 1. The zero-order chi connectivity index (χ0) is 17.1. The van der Waals surface area contributed by atoms with Crippen LogP contribution in [0.5, 0.6) is 0 Å². The SMILES string of the molecule is Cc1cccc(-c2nc(CC(=O)Nc3ccc(Cl)cc3C)cs2)c1. The van der Waals surface area contributed by atoms with E-state index in [0.29, 0.717) is 5.02 Å². The number of carbonyl (C=O) groups excluding carboxylic acids is 1. The quantitative estimate of drug-likeness (QED) is 0.692. The van der Waals surface area contributed by atoms with Gasteiger partial charge in [-0.25, -0.2) is 4.98 Å². The third-order valence-electron chi connectivity index (χ3n) is 3.62. The highest BCUT2D eigenvalue weighted by molar-refractivity contribution is 7.13. The van der Waals surface area contributed by atoms with Crippen LogP contribution in [-0.4, -0.2) is 10.9 Å². The van der Waals surface area contributed by atoms with E-state index >= 15 is 0 Å². The Morgan fingerprint density at radius 2 is 2.04 bits per heavy atom. The van der Waals surface area contributed by atoms with Gasteiger partial charge in [0.2, 0.25) is 5.91 Å². The summed E-state index contributed by atoms with van der Waals surface area (Å²) >= 11 is 7.49. The van der Waals surface area contributed by atoms with Crippen molar-refractivity contribution in [2.45, 2.75) is 20.3 Å². The number of amides is 1. The average Bonchev–Trinajstić information content (AvgIpc) is 2.98. The third-order valence-corrected chi connectivity index (χ3v) is 4.80. The van der Waals surface area contributed by atoms with Gasteiger partial charge in [0.25, 0.3) is 0 Å². The summed E-state index contributed by atoms with van der Waals surface area (Å²) in [6.45, 7) is 3.97. The molecule has 0 aliphatic carbocycles. The molecule has 1 heterocycles. The fraction of sp³-hybridized carbons (Fsp3) is 0.158. The lowest BCUT2D eigenvalue weighted by atomic mass is 10.1. The molecule has 3 nitrogen and oxygen atoms in total. The van der Waals surface area contributed by atoms with Gasteiger partial charge in [-0.15, -0.1) is 11.3 Å². The van der Waals surface area contributed by atoms with Crippen molar-refractivity contribution in [3.63, 3.8) is 0 Å². The van der Waals surface area contributed by atoms with Gasteiger partial charge in [0.15, 0.2) is 0 Å². The van der Waals surface area contributed by atoms with Crippen LogP contribution < -0.4 is 5.32 Å². The maximum Gasteiger partial charge on any atom is 0.230 e. The van der Waals surface area contributed by atoms with Crippen LogP contribution in [0.25, 0.3) is 10.6 Å². The smallest absolute Gasteiger partial charge is 0.230 e. The number of aromatic nitrogens is 1. The Morgan fingerprint density at radius 1 is 1.21 bits per heavy atom. The van der Waals surface area contributed by atoms with Crippen molar-refractivity contribution >= 4 is 34.5 Å². The summed E-state index contributed by atoms with van der Waals surface area (Å²) in [5, 5.41) is 6.44. The topological polar surface area (TPSA) is 42.0 Å². The summed E-state index contributed by atoms with van der Waals surface area (Å²) in [6, 6.07) is 13.6. The van der Waals surface area contributed by atoms with Gasteiger partial charge in [-0.1, -0.05) is 35.4 Å². The number of aryl methyl sites for hydroxylation is 2. The van der Waals surface area contributed by atoms with Crippen molar-refractivity contribution in [3.8, 4) is 10.6 Å². The molecule has 1 amide bonds. The number of rotatable bonds is 4. The van der Waals surface area contributed by atoms with Crippen LogP contribution in [0, 0.1) is 13.8 Å². The van der Waals surface area contributed by atoms with Crippen LogP contribution in [0.4, 0.5) is 5.69 Å². The van der Waals surface area contributed by atoms with Gasteiger partial charge in [-0.05, 0) is 43.7 Å². The van der Waals surface area contributed by atoms with E-state index in [9.17, 15) is 4.79 Å². The zero-order valence-corrected chi connectivity index (χ0v) is 15.0. The van der Waals surface area contributed by atoms with Gasteiger partial charge in [0.05, 0.1) is 12.1 Å². The van der Waals surface area contributed by atoms with E-state index in [1.807, 2.05) is 36.6 Å². The second-order valence-corrected chi connectivity index (χ2v) is 6.99. The predicted molar refractivity (Wildman–Crippen MR) is 101 cm³/mol. The van der Waals surface area contributed by atoms with Crippen LogP contribution >= 0.6 is 22.9 Å². The first-order valence-electron chi connectivity index (χ1n) is 7.59. The van der Waals surface area contributed by atoms with Crippen molar-refractivity contribution in [3.05, 3.63) is 69.7 Å². The molecule has 2 aromatic carbocycles. The van der Waals surface area contributed by atoms with Gasteiger partial charge in [-0.3, -0.25) is 4.79 Å². The highest BCUT2D eigenvalue weighted by atomic mass is 35.5. The molecule has 3 aromatic rings. The molecule has 24 heavy (non-hydrogen) atoms. The molecule has 0 spiro atoms. The molecule has 1 N–H and O–H groups in total. The van der Waals surface area contributed by atoms with Crippen LogP contribution in [0.15, 0.2) is 47.8 Å². The number of thiazole rings is 1. The van der Waals surface area contributed by atoms with Crippen molar-refractivity contribution in [2.24, 2.45) is 0 Å². The Bertz CT molecular complexity index is 889. The normalized spacial score (nSPS) is 10.6. The van der Waals surface area contributed by atoms with Crippen LogP contribution in [-0.2, 0) is 11.2 Å².